The van der Waals surface area contributed by atoms with Gasteiger partial charge in [0.05, 0.1) is 11.7 Å². The Bertz CT molecular complexity index is 388. The maximum Gasteiger partial charge on any atom is 0.306 e. The predicted octanol–water partition coefficient (Wildman–Crippen LogP) is 2.58. The van der Waals surface area contributed by atoms with Crippen LogP contribution in [0.4, 0.5) is 0 Å². The summed E-state index contributed by atoms with van der Waals surface area (Å²) >= 11 is 0. The number of carbonyl (C=O) groups is 1. The van der Waals surface area contributed by atoms with Gasteiger partial charge in [-0.1, -0.05) is 38.3 Å². The Kier molecular flexibility index (Phi) is 5.44. The lowest BCUT2D eigenvalue weighted by atomic mass is 9.86. The van der Waals surface area contributed by atoms with E-state index in [2.05, 4.69) is 6.92 Å². The van der Waals surface area contributed by atoms with Gasteiger partial charge < -0.3 is 14.9 Å². The monoisotopic (exact) mass is 296 g/mol. The van der Waals surface area contributed by atoms with E-state index in [1.165, 1.54) is 0 Å². The highest BCUT2D eigenvalue weighted by atomic mass is 16.5. The van der Waals surface area contributed by atoms with Crippen LogP contribution in [-0.2, 0) is 9.53 Å². The summed E-state index contributed by atoms with van der Waals surface area (Å²) in [5.41, 5.74) is -0.821. The third-order valence-electron chi connectivity index (χ3n) is 4.82. The lowest BCUT2D eigenvalue weighted by Crippen LogP contribution is -2.31. The SMILES string of the molecule is CCCCC[C@](C)(O)/C=C/[C@@H]1[C@H]2CCC(=O)O[C@H]2C[C@H]1O. The molecule has 0 amide bonds. The molecule has 0 aromatic rings. The second-order valence-electron chi connectivity index (χ2n) is 6.78. The van der Waals surface area contributed by atoms with Crippen molar-refractivity contribution in [1.82, 2.24) is 0 Å². The van der Waals surface area contributed by atoms with Crippen molar-refractivity contribution in [3.63, 3.8) is 0 Å². The van der Waals surface area contributed by atoms with Crippen molar-refractivity contribution in [2.75, 3.05) is 0 Å². The Balaban J connectivity index is 1.94. The zero-order valence-electron chi connectivity index (χ0n) is 13.1. The third kappa shape index (κ3) is 4.30. The fraction of sp³-hybridized carbons (Fsp3) is 0.824. The van der Waals surface area contributed by atoms with Crippen LogP contribution in [0.3, 0.4) is 0 Å². The van der Waals surface area contributed by atoms with Gasteiger partial charge >= 0.3 is 5.97 Å². The van der Waals surface area contributed by atoms with E-state index in [9.17, 15) is 15.0 Å². The Morgan fingerprint density at radius 1 is 1.43 bits per heavy atom. The molecule has 0 bridgehead atoms. The second-order valence-corrected chi connectivity index (χ2v) is 6.78. The number of carbonyl (C=O) groups excluding carboxylic acids is 1. The van der Waals surface area contributed by atoms with E-state index in [1.807, 2.05) is 19.1 Å². The smallest absolute Gasteiger partial charge is 0.306 e. The fourth-order valence-electron chi connectivity index (χ4n) is 3.53. The quantitative estimate of drug-likeness (QED) is 0.449. The number of esters is 1. The highest BCUT2D eigenvalue weighted by Crippen LogP contribution is 2.41. The van der Waals surface area contributed by atoms with Gasteiger partial charge in [0.1, 0.15) is 6.10 Å². The molecule has 1 saturated carbocycles. The molecule has 2 N–H and O–H groups in total. The minimum atomic E-state index is -0.821. The molecule has 1 saturated heterocycles. The van der Waals surface area contributed by atoms with Gasteiger partial charge in [-0.05, 0) is 19.8 Å². The lowest BCUT2D eigenvalue weighted by Gasteiger charge is -2.28. The third-order valence-corrected chi connectivity index (χ3v) is 4.82. The van der Waals surface area contributed by atoms with Crippen molar-refractivity contribution < 1.29 is 19.7 Å². The van der Waals surface area contributed by atoms with Gasteiger partial charge in [0, 0.05) is 24.7 Å². The van der Waals surface area contributed by atoms with Crippen molar-refractivity contribution in [2.45, 2.75) is 76.6 Å². The summed E-state index contributed by atoms with van der Waals surface area (Å²) in [7, 11) is 0. The van der Waals surface area contributed by atoms with Crippen molar-refractivity contribution in [2.24, 2.45) is 11.8 Å². The molecule has 120 valence electrons. The Morgan fingerprint density at radius 3 is 2.90 bits per heavy atom. The van der Waals surface area contributed by atoms with Gasteiger partial charge in [-0.25, -0.2) is 0 Å². The average Bonchev–Trinajstić information content (AvgIpc) is 2.71. The largest absolute Gasteiger partial charge is 0.462 e. The first-order valence-corrected chi connectivity index (χ1v) is 8.22. The maximum atomic E-state index is 11.3. The number of aliphatic hydroxyl groups is 2. The molecule has 5 atom stereocenters. The van der Waals surface area contributed by atoms with Gasteiger partial charge in [0.15, 0.2) is 0 Å². The number of aliphatic hydroxyl groups excluding tert-OH is 1. The molecule has 0 spiro atoms. The number of hydrogen-bond acceptors (Lipinski definition) is 4. The number of ether oxygens (including phenoxy) is 1. The molecule has 0 unspecified atom stereocenters. The molecule has 2 aliphatic rings. The zero-order valence-corrected chi connectivity index (χ0v) is 13.1. The standard InChI is InChI=1S/C17H28O4/c1-3-4-5-9-17(2,20)10-8-12-13-6-7-16(19)21-15(13)11-14(12)18/h8,10,12-15,18,20H,3-7,9,11H2,1-2H3/b10-8+/t12-,13-,14-,15+,17+/m1/s1. The minimum absolute atomic E-state index is 0.0132. The summed E-state index contributed by atoms with van der Waals surface area (Å²) in [5.74, 6) is 0.0285. The van der Waals surface area contributed by atoms with E-state index in [0.29, 0.717) is 12.8 Å². The van der Waals surface area contributed by atoms with Crippen LogP contribution < -0.4 is 0 Å². The van der Waals surface area contributed by atoms with Gasteiger partial charge in [-0.2, -0.15) is 0 Å². The molecule has 2 rings (SSSR count). The summed E-state index contributed by atoms with van der Waals surface area (Å²) in [5, 5.41) is 20.6. The zero-order chi connectivity index (χ0) is 15.5. The first kappa shape index (κ1) is 16.5. The molecule has 0 aromatic carbocycles. The Hall–Kier alpha value is -0.870. The van der Waals surface area contributed by atoms with Crippen LogP contribution in [0.15, 0.2) is 12.2 Å². The number of fused-ring (bicyclic) bond motifs is 1. The van der Waals surface area contributed by atoms with E-state index in [-0.39, 0.29) is 23.9 Å². The van der Waals surface area contributed by atoms with Crippen LogP contribution in [0, 0.1) is 11.8 Å². The molecular formula is C17H28O4. The molecule has 4 nitrogen and oxygen atoms in total. The lowest BCUT2D eigenvalue weighted by molar-refractivity contribution is -0.156. The van der Waals surface area contributed by atoms with Crippen LogP contribution in [0.2, 0.25) is 0 Å². The van der Waals surface area contributed by atoms with Crippen molar-refractivity contribution in [3.8, 4) is 0 Å². The molecule has 2 fully saturated rings. The minimum Gasteiger partial charge on any atom is -0.462 e. The average molecular weight is 296 g/mol. The van der Waals surface area contributed by atoms with E-state index in [0.717, 1.165) is 32.1 Å². The van der Waals surface area contributed by atoms with Crippen LogP contribution in [0.25, 0.3) is 0 Å². The number of unbranched alkanes of at least 4 members (excludes halogenated alkanes) is 2. The number of hydrogen-bond donors (Lipinski definition) is 2. The Labute approximate surface area is 127 Å². The van der Waals surface area contributed by atoms with Gasteiger partial charge in [-0.15, -0.1) is 0 Å². The van der Waals surface area contributed by atoms with E-state index < -0.39 is 11.7 Å². The molecule has 21 heavy (non-hydrogen) atoms. The maximum absolute atomic E-state index is 11.3. The van der Waals surface area contributed by atoms with Gasteiger partial charge in [0.25, 0.3) is 0 Å². The predicted molar refractivity (Wildman–Crippen MR) is 80.6 cm³/mol. The second kappa shape index (κ2) is 6.93. The van der Waals surface area contributed by atoms with Gasteiger partial charge in [0.2, 0.25) is 0 Å². The highest BCUT2D eigenvalue weighted by Gasteiger charge is 2.45. The molecule has 4 heteroatoms. The molecular weight excluding hydrogens is 268 g/mol. The fourth-order valence-corrected chi connectivity index (χ4v) is 3.53. The molecule has 1 aliphatic heterocycles. The summed E-state index contributed by atoms with van der Waals surface area (Å²) in [4.78, 5) is 11.3. The summed E-state index contributed by atoms with van der Waals surface area (Å²) in [6, 6.07) is 0. The van der Waals surface area contributed by atoms with Crippen LogP contribution >= 0.6 is 0 Å². The van der Waals surface area contributed by atoms with Crippen LogP contribution in [0.1, 0.15) is 58.8 Å². The first-order valence-electron chi connectivity index (χ1n) is 8.22. The summed E-state index contributed by atoms with van der Waals surface area (Å²) in [6.45, 7) is 3.96. The normalized spacial score (nSPS) is 35.5. The van der Waals surface area contributed by atoms with E-state index in [1.54, 1.807) is 0 Å². The van der Waals surface area contributed by atoms with E-state index >= 15 is 0 Å². The molecule has 0 aromatic heterocycles. The van der Waals surface area contributed by atoms with Crippen molar-refractivity contribution in [1.29, 1.82) is 0 Å². The Morgan fingerprint density at radius 2 is 2.19 bits per heavy atom. The topological polar surface area (TPSA) is 66.8 Å². The molecule has 0 radical (unpaired) electrons. The van der Waals surface area contributed by atoms with Crippen LogP contribution in [-0.4, -0.2) is 34.0 Å². The van der Waals surface area contributed by atoms with E-state index in [4.69, 9.17) is 4.74 Å². The van der Waals surface area contributed by atoms with Crippen LogP contribution in [0.5, 0.6) is 0 Å². The van der Waals surface area contributed by atoms with Crippen molar-refractivity contribution >= 4 is 5.97 Å². The summed E-state index contributed by atoms with van der Waals surface area (Å²) in [6.07, 6.45) is 8.87. The number of rotatable bonds is 6. The summed E-state index contributed by atoms with van der Waals surface area (Å²) < 4.78 is 5.33. The molecule has 1 aliphatic carbocycles. The highest BCUT2D eigenvalue weighted by molar-refractivity contribution is 5.70. The van der Waals surface area contributed by atoms with Gasteiger partial charge in [-0.3, -0.25) is 4.79 Å². The molecule has 1 heterocycles. The first-order chi connectivity index (χ1) is 9.93. The van der Waals surface area contributed by atoms with Crippen molar-refractivity contribution in [3.05, 3.63) is 12.2 Å².